The van der Waals surface area contributed by atoms with E-state index in [1.807, 2.05) is 45.6 Å². The zero-order chi connectivity index (χ0) is 29.4. The molecule has 2 amide bonds. The lowest BCUT2D eigenvalue weighted by molar-refractivity contribution is -0.146. The zero-order valence-electron chi connectivity index (χ0n) is 23.9. The molecule has 0 spiro atoms. The van der Waals surface area contributed by atoms with Crippen LogP contribution >= 0.6 is 11.6 Å². The van der Waals surface area contributed by atoms with Crippen LogP contribution in [0.15, 0.2) is 34.7 Å². The number of carbonyl (C=O) groups is 2. The van der Waals surface area contributed by atoms with E-state index in [0.29, 0.717) is 42.0 Å². The molecule has 2 aliphatic heterocycles. The normalized spacial score (nSPS) is 25.8. The number of halogens is 2. The van der Waals surface area contributed by atoms with E-state index in [2.05, 4.69) is 0 Å². The van der Waals surface area contributed by atoms with Crippen molar-refractivity contribution in [2.75, 3.05) is 19.6 Å². The first-order chi connectivity index (χ1) is 19.2. The molecule has 0 radical (unpaired) electrons. The van der Waals surface area contributed by atoms with Crippen LogP contribution in [0, 0.1) is 17.7 Å². The van der Waals surface area contributed by atoms with Crippen LogP contribution in [0.1, 0.15) is 63.6 Å². The molecule has 0 bridgehead atoms. The molecule has 218 valence electrons. The SMILES string of the molecule is CC(C)(C)c1cc(-c2ccc(Cl)c(F)c2)nc2cc(C(=O)N3CCN(C(=O)[C@@H]4CC[C@@H]4C4OC4O)CC3(C)C)oc12. The molecule has 2 unspecified atom stereocenters. The van der Waals surface area contributed by atoms with Crippen molar-refractivity contribution in [2.45, 2.75) is 70.8 Å². The Labute approximate surface area is 243 Å². The van der Waals surface area contributed by atoms with E-state index in [-0.39, 0.29) is 46.0 Å². The fourth-order valence-electron chi connectivity index (χ4n) is 6.23. The van der Waals surface area contributed by atoms with Gasteiger partial charge in [-0.15, -0.1) is 0 Å². The maximum absolute atomic E-state index is 14.3. The van der Waals surface area contributed by atoms with Gasteiger partial charge >= 0.3 is 0 Å². The number of fused-ring (bicyclic) bond motifs is 1. The second-order valence-electron chi connectivity index (χ2n) is 13.1. The Bertz CT molecular complexity index is 1550. The van der Waals surface area contributed by atoms with Gasteiger partial charge in [0.1, 0.15) is 17.4 Å². The number of hydrogen-bond acceptors (Lipinski definition) is 6. The van der Waals surface area contributed by atoms with Gasteiger partial charge in [0.25, 0.3) is 5.91 Å². The molecule has 6 rings (SSSR count). The topological polar surface area (TPSA) is 99.4 Å². The Morgan fingerprint density at radius 3 is 2.46 bits per heavy atom. The molecule has 1 aliphatic carbocycles. The number of rotatable bonds is 4. The molecule has 1 N–H and O–H groups in total. The van der Waals surface area contributed by atoms with Crippen LogP contribution in [0.4, 0.5) is 4.39 Å². The maximum atomic E-state index is 14.3. The van der Waals surface area contributed by atoms with Crippen molar-refractivity contribution >= 4 is 34.5 Å². The van der Waals surface area contributed by atoms with Crippen molar-refractivity contribution in [1.82, 2.24) is 14.8 Å². The number of carbonyl (C=O) groups excluding carboxylic acids is 2. The molecule has 3 fully saturated rings. The first-order valence-electron chi connectivity index (χ1n) is 14.1. The van der Waals surface area contributed by atoms with Gasteiger partial charge in [-0.25, -0.2) is 9.37 Å². The fraction of sp³-hybridized carbons (Fsp3) is 0.516. The number of epoxide rings is 1. The average Bonchev–Trinajstić information content (AvgIpc) is 3.40. The van der Waals surface area contributed by atoms with Gasteiger partial charge in [0.2, 0.25) is 5.91 Å². The summed E-state index contributed by atoms with van der Waals surface area (Å²) in [6.07, 6.45) is 0.697. The monoisotopic (exact) mass is 583 g/mol. The van der Waals surface area contributed by atoms with Gasteiger partial charge in [0.15, 0.2) is 17.6 Å². The van der Waals surface area contributed by atoms with Gasteiger partial charge < -0.3 is 24.1 Å². The van der Waals surface area contributed by atoms with E-state index in [4.69, 9.17) is 25.7 Å². The van der Waals surface area contributed by atoms with Crippen molar-refractivity contribution in [2.24, 2.45) is 11.8 Å². The van der Waals surface area contributed by atoms with Gasteiger partial charge in [0.05, 0.1) is 16.3 Å². The van der Waals surface area contributed by atoms with Gasteiger partial charge in [-0.1, -0.05) is 38.4 Å². The maximum Gasteiger partial charge on any atom is 0.290 e. The number of amides is 2. The molecule has 41 heavy (non-hydrogen) atoms. The van der Waals surface area contributed by atoms with Crippen LogP contribution in [-0.4, -0.2) is 69.3 Å². The molecular formula is C31H35ClFN3O5. The highest BCUT2D eigenvalue weighted by molar-refractivity contribution is 6.30. The number of aliphatic hydroxyl groups excluding tert-OH is 1. The number of hydrogen-bond donors (Lipinski definition) is 1. The first-order valence-corrected chi connectivity index (χ1v) is 14.5. The third kappa shape index (κ3) is 5.02. The number of piperazine rings is 1. The van der Waals surface area contributed by atoms with Crippen molar-refractivity contribution in [3.8, 4) is 11.3 Å². The minimum atomic E-state index is -0.748. The van der Waals surface area contributed by atoms with Crippen LogP contribution in [-0.2, 0) is 14.9 Å². The van der Waals surface area contributed by atoms with Gasteiger partial charge in [0, 0.05) is 48.7 Å². The standard InChI is InChI=1S/C31H35ClFN3O5/c1-30(2,3)19-13-22(16-6-9-20(32)21(33)12-16)34-23-14-24(40-26(19)23)28(38)36-11-10-35(15-31(36,4)5)27(37)18-8-7-17(18)25-29(39)41-25/h6,9,12-14,17-18,25,29,39H,7-8,10-11,15H2,1-5H3/t17-,18+,25?,29?/m0/s1. The number of benzene rings is 1. The summed E-state index contributed by atoms with van der Waals surface area (Å²) in [5.41, 5.74) is 2.04. The molecule has 3 aliphatic rings. The molecule has 3 aromatic rings. The molecule has 1 saturated carbocycles. The molecule has 4 heterocycles. The van der Waals surface area contributed by atoms with E-state index >= 15 is 0 Å². The largest absolute Gasteiger partial charge is 0.449 e. The van der Waals surface area contributed by atoms with E-state index < -0.39 is 17.6 Å². The molecule has 2 aromatic heterocycles. The number of ether oxygens (including phenoxy) is 1. The van der Waals surface area contributed by atoms with E-state index in [1.165, 1.54) is 12.1 Å². The predicted molar refractivity (Wildman–Crippen MR) is 152 cm³/mol. The summed E-state index contributed by atoms with van der Waals surface area (Å²) in [6, 6.07) is 8.09. The second-order valence-corrected chi connectivity index (χ2v) is 13.5. The van der Waals surface area contributed by atoms with Crippen molar-refractivity contribution in [1.29, 1.82) is 0 Å². The Morgan fingerprint density at radius 1 is 1.15 bits per heavy atom. The molecule has 8 nitrogen and oxygen atoms in total. The summed E-state index contributed by atoms with van der Waals surface area (Å²) in [7, 11) is 0. The first kappa shape index (κ1) is 28.1. The summed E-state index contributed by atoms with van der Waals surface area (Å²) in [5.74, 6) is -0.639. The summed E-state index contributed by atoms with van der Waals surface area (Å²) in [4.78, 5) is 35.5. The highest BCUT2D eigenvalue weighted by atomic mass is 35.5. The lowest BCUT2D eigenvalue weighted by Crippen LogP contribution is -2.63. The third-order valence-electron chi connectivity index (χ3n) is 8.74. The molecule has 10 heteroatoms. The minimum Gasteiger partial charge on any atom is -0.449 e. The van der Waals surface area contributed by atoms with E-state index in [9.17, 15) is 19.1 Å². The van der Waals surface area contributed by atoms with Gasteiger partial charge in [-0.3, -0.25) is 9.59 Å². The Morgan fingerprint density at radius 2 is 1.88 bits per heavy atom. The molecular weight excluding hydrogens is 549 g/mol. The van der Waals surface area contributed by atoms with Crippen LogP contribution < -0.4 is 0 Å². The zero-order valence-corrected chi connectivity index (χ0v) is 24.7. The van der Waals surface area contributed by atoms with Crippen molar-refractivity contribution in [3.05, 3.63) is 52.5 Å². The Balaban J connectivity index is 1.26. The third-order valence-corrected chi connectivity index (χ3v) is 9.05. The number of furan rings is 1. The predicted octanol–water partition coefficient (Wildman–Crippen LogP) is 5.39. The lowest BCUT2D eigenvalue weighted by atomic mass is 9.70. The van der Waals surface area contributed by atoms with E-state index in [0.717, 1.165) is 18.4 Å². The number of aromatic nitrogens is 1. The Kier molecular flexibility index (Phi) is 6.71. The summed E-state index contributed by atoms with van der Waals surface area (Å²) in [5, 5.41) is 9.68. The highest BCUT2D eigenvalue weighted by Crippen LogP contribution is 2.46. The van der Waals surface area contributed by atoms with Crippen LogP contribution in [0.3, 0.4) is 0 Å². The van der Waals surface area contributed by atoms with Gasteiger partial charge in [-0.05, 0) is 50.3 Å². The van der Waals surface area contributed by atoms with Gasteiger partial charge in [-0.2, -0.15) is 0 Å². The minimum absolute atomic E-state index is 0.0368. The van der Waals surface area contributed by atoms with Crippen molar-refractivity contribution < 1.29 is 28.2 Å². The number of nitrogens with zero attached hydrogens (tertiary/aromatic N) is 3. The molecule has 1 aromatic carbocycles. The summed E-state index contributed by atoms with van der Waals surface area (Å²) >= 11 is 5.89. The Hall–Kier alpha value is -3.01. The van der Waals surface area contributed by atoms with Crippen molar-refractivity contribution in [3.63, 3.8) is 0 Å². The van der Waals surface area contributed by atoms with E-state index in [1.54, 1.807) is 17.0 Å². The smallest absolute Gasteiger partial charge is 0.290 e. The fourth-order valence-corrected chi connectivity index (χ4v) is 6.35. The molecule has 4 atom stereocenters. The second kappa shape index (κ2) is 9.78. The quantitative estimate of drug-likeness (QED) is 0.413. The highest BCUT2D eigenvalue weighted by Gasteiger charge is 2.54. The summed E-state index contributed by atoms with van der Waals surface area (Å²) < 4.78 is 25.7. The number of aliphatic hydroxyl groups is 1. The van der Waals surface area contributed by atoms with Crippen LogP contribution in [0.2, 0.25) is 5.02 Å². The lowest BCUT2D eigenvalue weighted by Gasteiger charge is -2.48. The summed E-state index contributed by atoms with van der Waals surface area (Å²) in [6.45, 7) is 11.2. The van der Waals surface area contributed by atoms with Crippen LogP contribution in [0.25, 0.3) is 22.4 Å². The average molecular weight is 584 g/mol. The van der Waals surface area contributed by atoms with Crippen LogP contribution in [0.5, 0.6) is 0 Å². The number of pyridine rings is 1. The molecule has 2 saturated heterocycles.